The van der Waals surface area contributed by atoms with E-state index in [0.29, 0.717) is 6.54 Å². The quantitative estimate of drug-likeness (QED) is 0.940. The maximum atomic E-state index is 12.2. The summed E-state index contributed by atoms with van der Waals surface area (Å²) in [5, 5.41) is 4.42. The summed E-state index contributed by atoms with van der Waals surface area (Å²) < 4.78 is 0. The number of carbonyl (C=O) groups excluding carboxylic acids is 1. The van der Waals surface area contributed by atoms with E-state index in [2.05, 4.69) is 22.2 Å². The number of aromatic nitrogens is 2. The van der Waals surface area contributed by atoms with E-state index >= 15 is 0 Å². The smallest absolute Gasteiger partial charge is 0.241 e. The second-order valence-corrected chi connectivity index (χ2v) is 7.78. The summed E-state index contributed by atoms with van der Waals surface area (Å²) in [5.74, 6) is 1.75. The fourth-order valence-corrected chi connectivity index (χ4v) is 5.00. The number of hydrogen-bond acceptors (Lipinski definition) is 5. The predicted molar refractivity (Wildman–Crippen MR) is 92.9 cm³/mol. The van der Waals surface area contributed by atoms with Gasteiger partial charge < -0.3 is 10.2 Å². The fourth-order valence-electron chi connectivity index (χ4n) is 3.65. The Balaban J connectivity index is 1.58. The Labute approximate surface area is 140 Å². The molecule has 6 heteroatoms. The second kappa shape index (κ2) is 6.07. The van der Waals surface area contributed by atoms with Crippen LogP contribution in [0.15, 0.2) is 6.33 Å². The van der Waals surface area contributed by atoms with Gasteiger partial charge in [-0.2, -0.15) is 0 Å². The predicted octanol–water partition coefficient (Wildman–Crippen LogP) is 2.85. The van der Waals surface area contributed by atoms with Gasteiger partial charge in [0.25, 0.3) is 0 Å². The summed E-state index contributed by atoms with van der Waals surface area (Å²) >= 11 is 1.79. The lowest BCUT2D eigenvalue weighted by Gasteiger charge is -2.19. The zero-order valence-electron chi connectivity index (χ0n) is 13.5. The van der Waals surface area contributed by atoms with Crippen LogP contribution in [-0.2, 0) is 17.6 Å². The first-order valence-electron chi connectivity index (χ1n) is 8.49. The van der Waals surface area contributed by atoms with Crippen LogP contribution in [0.5, 0.6) is 0 Å². The van der Waals surface area contributed by atoms with Crippen molar-refractivity contribution in [1.82, 2.24) is 14.9 Å². The molecule has 0 radical (unpaired) electrons. The molecule has 0 aromatic carbocycles. The van der Waals surface area contributed by atoms with E-state index in [4.69, 9.17) is 0 Å². The molecule has 23 heavy (non-hydrogen) atoms. The molecule has 1 amide bonds. The number of thiophene rings is 1. The van der Waals surface area contributed by atoms with Gasteiger partial charge in [0.05, 0.1) is 11.9 Å². The summed E-state index contributed by atoms with van der Waals surface area (Å²) in [5.41, 5.74) is 1.40. The van der Waals surface area contributed by atoms with Crippen LogP contribution >= 0.6 is 11.3 Å². The highest BCUT2D eigenvalue weighted by atomic mass is 32.1. The van der Waals surface area contributed by atoms with E-state index in [0.717, 1.165) is 60.7 Å². The van der Waals surface area contributed by atoms with E-state index in [1.54, 1.807) is 17.7 Å². The highest BCUT2D eigenvalue weighted by Crippen LogP contribution is 2.39. The molecule has 1 aliphatic heterocycles. The van der Waals surface area contributed by atoms with Gasteiger partial charge in [-0.05, 0) is 43.6 Å². The summed E-state index contributed by atoms with van der Waals surface area (Å²) in [6.45, 7) is 4.43. The molecule has 0 unspecified atom stereocenters. The lowest BCUT2D eigenvalue weighted by Crippen LogP contribution is -2.33. The van der Waals surface area contributed by atoms with Gasteiger partial charge in [0.15, 0.2) is 0 Å². The maximum absolute atomic E-state index is 12.2. The van der Waals surface area contributed by atoms with Gasteiger partial charge in [-0.25, -0.2) is 9.97 Å². The highest BCUT2D eigenvalue weighted by molar-refractivity contribution is 7.19. The Morgan fingerprint density at radius 2 is 2.22 bits per heavy atom. The molecule has 1 saturated heterocycles. The van der Waals surface area contributed by atoms with Crippen molar-refractivity contribution in [3.05, 3.63) is 16.8 Å². The molecule has 3 heterocycles. The third kappa shape index (κ3) is 2.80. The average Bonchev–Trinajstić information content (AvgIpc) is 3.19. The lowest BCUT2D eigenvalue weighted by molar-refractivity contribution is -0.128. The van der Waals surface area contributed by atoms with Gasteiger partial charge >= 0.3 is 0 Å². The van der Waals surface area contributed by atoms with Crippen molar-refractivity contribution < 1.29 is 4.79 Å². The summed E-state index contributed by atoms with van der Waals surface area (Å²) in [7, 11) is 0. The minimum absolute atomic E-state index is 0.173. The molecule has 5 nitrogen and oxygen atoms in total. The molecule has 1 N–H and O–H groups in total. The standard InChI is InChI=1S/C17H22N4OS/c1-11-4-5-12-13(8-11)23-17-15(12)16(19-10-20-17)18-9-14(22)21-6-2-3-7-21/h10-11H,2-9H2,1H3,(H,18,19,20)/t11-/m1/s1. The molecule has 2 aliphatic rings. The minimum Gasteiger partial charge on any atom is -0.360 e. The number of fused-ring (bicyclic) bond motifs is 3. The molecule has 1 aliphatic carbocycles. The van der Waals surface area contributed by atoms with Crippen molar-refractivity contribution in [2.45, 2.75) is 39.0 Å². The SMILES string of the molecule is C[C@@H]1CCc2c(sc3ncnc(NCC(=O)N4CCCC4)c23)C1. The van der Waals surface area contributed by atoms with E-state index in [1.807, 2.05) is 4.90 Å². The molecule has 1 fully saturated rings. The van der Waals surface area contributed by atoms with Crippen LogP contribution in [0.4, 0.5) is 5.82 Å². The van der Waals surface area contributed by atoms with Crippen LogP contribution in [0.2, 0.25) is 0 Å². The van der Waals surface area contributed by atoms with Gasteiger partial charge in [-0.1, -0.05) is 6.92 Å². The molecule has 2 aromatic rings. The number of carbonyl (C=O) groups is 1. The highest BCUT2D eigenvalue weighted by Gasteiger charge is 2.24. The van der Waals surface area contributed by atoms with Gasteiger partial charge in [0, 0.05) is 18.0 Å². The number of anilines is 1. The normalized spacial score (nSPS) is 20.7. The van der Waals surface area contributed by atoms with Crippen LogP contribution in [0.1, 0.15) is 36.6 Å². The third-order valence-corrected chi connectivity index (χ3v) is 6.12. The van der Waals surface area contributed by atoms with Crippen LogP contribution in [0.25, 0.3) is 10.2 Å². The number of amides is 1. The Morgan fingerprint density at radius 3 is 3.04 bits per heavy atom. The zero-order valence-corrected chi connectivity index (χ0v) is 14.3. The molecule has 2 aromatic heterocycles. The van der Waals surface area contributed by atoms with Crippen molar-refractivity contribution in [1.29, 1.82) is 0 Å². The van der Waals surface area contributed by atoms with Crippen LogP contribution in [0, 0.1) is 5.92 Å². The number of hydrogen-bond donors (Lipinski definition) is 1. The van der Waals surface area contributed by atoms with Gasteiger partial charge in [-0.3, -0.25) is 4.79 Å². The number of likely N-dealkylation sites (tertiary alicyclic amines) is 1. The number of nitrogens with zero attached hydrogens (tertiary/aromatic N) is 3. The Hall–Kier alpha value is -1.69. The first-order chi connectivity index (χ1) is 11.2. The van der Waals surface area contributed by atoms with E-state index in [1.165, 1.54) is 16.9 Å². The molecule has 0 saturated carbocycles. The molecule has 1 atom stereocenters. The largest absolute Gasteiger partial charge is 0.360 e. The van der Waals surface area contributed by atoms with Crippen molar-refractivity contribution in [2.75, 3.05) is 25.0 Å². The zero-order chi connectivity index (χ0) is 15.8. The van der Waals surface area contributed by atoms with Crippen molar-refractivity contribution in [3.63, 3.8) is 0 Å². The van der Waals surface area contributed by atoms with Crippen molar-refractivity contribution in [2.24, 2.45) is 5.92 Å². The Morgan fingerprint density at radius 1 is 1.39 bits per heavy atom. The van der Waals surface area contributed by atoms with Crippen LogP contribution < -0.4 is 5.32 Å². The monoisotopic (exact) mass is 330 g/mol. The molecule has 122 valence electrons. The first-order valence-corrected chi connectivity index (χ1v) is 9.31. The first kappa shape index (κ1) is 14.9. The van der Waals surface area contributed by atoms with E-state index in [-0.39, 0.29) is 5.91 Å². The molecular weight excluding hydrogens is 308 g/mol. The molecule has 4 rings (SSSR count). The lowest BCUT2D eigenvalue weighted by atomic mass is 9.89. The summed E-state index contributed by atoms with van der Waals surface area (Å²) in [4.78, 5) is 25.6. The van der Waals surface area contributed by atoms with E-state index in [9.17, 15) is 4.79 Å². The second-order valence-electron chi connectivity index (χ2n) is 6.70. The number of aryl methyl sites for hydroxylation is 1. The molecule has 0 bridgehead atoms. The van der Waals surface area contributed by atoms with Crippen LogP contribution in [0.3, 0.4) is 0 Å². The minimum atomic E-state index is 0.173. The van der Waals surface area contributed by atoms with Crippen LogP contribution in [-0.4, -0.2) is 40.4 Å². The van der Waals surface area contributed by atoms with Crippen molar-refractivity contribution >= 4 is 33.3 Å². The summed E-state index contributed by atoms with van der Waals surface area (Å²) in [6, 6.07) is 0. The van der Waals surface area contributed by atoms with Gasteiger partial charge in [-0.15, -0.1) is 11.3 Å². The molecule has 0 spiro atoms. The van der Waals surface area contributed by atoms with E-state index < -0.39 is 0 Å². The topological polar surface area (TPSA) is 58.1 Å². The Kier molecular flexibility index (Phi) is 3.93. The average molecular weight is 330 g/mol. The van der Waals surface area contributed by atoms with Crippen molar-refractivity contribution in [3.8, 4) is 0 Å². The molecular formula is C17H22N4OS. The number of nitrogens with one attached hydrogen (secondary N) is 1. The summed E-state index contributed by atoms with van der Waals surface area (Å²) in [6.07, 6.45) is 7.32. The number of rotatable bonds is 3. The Bertz CT molecular complexity index is 736. The van der Waals surface area contributed by atoms with Gasteiger partial charge in [0.1, 0.15) is 17.0 Å². The third-order valence-electron chi connectivity index (χ3n) is 4.96. The van der Waals surface area contributed by atoms with Gasteiger partial charge in [0.2, 0.25) is 5.91 Å². The fraction of sp³-hybridized carbons (Fsp3) is 0.588. The maximum Gasteiger partial charge on any atom is 0.241 e.